The number of hydrogen-bond acceptors (Lipinski definition) is 5. The molecular formula is C26H26N2O4. The van der Waals surface area contributed by atoms with E-state index in [2.05, 4.69) is 4.98 Å². The number of hydrogen-bond donors (Lipinski definition) is 0. The van der Waals surface area contributed by atoms with E-state index in [1.807, 2.05) is 56.3 Å². The lowest BCUT2D eigenvalue weighted by Gasteiger charge is -2.22. The second-order valence-electron chi connectivity index (χ2n) is 7.83. The molecule has 0 fully saturated rings. The van der Waals surface area contributed by atoms with Crippen molar-refractivity contribution in [3.63, 3.8) is 0 Å². The Kier molecular flexibility index (Phi) is 6.12. The summed E-state index contributed by atoms with van der Waals surface area (Å²) in [5.74, 6) is 1.43. The van der Waals surface area contributed by atoms with E-state index in [1.54, 1.807) is 37.3 Å². The van der Waals surface area contributed by atoms with Gasteiger partial charge in [0.1, 0.15) is 17.0 Å². The first-order chi connectivity index (χ1) is 15.4. The molecular weight excluding hydrogens is 404 g/mol. The van der Waals surface area contributed by atoms with E-state index >= 15 is 0 Å². The first-order valence-corrected chi connectivity index (χ1v) is 10.4. The molecule has 0 N–H and O–H groups in total. The summed E-state index contributed by atoms with van der Waals surface area (Å²) in [7, 11) is 3.13. The molecule has 0 unspecified atom stereocenters. The standard InChI is InChI=1S/C26H26N2O4/c1-17-5-8-19(9-6-17)15-28(16-25-27-23-11-18(2)7-10-24(23)32-25)26(29)20-12-21(30-3)14-22(13-20)31-4/h5-14H,15-16H2,1-4H3. The molecule has 0 saturated heterocycles. The number of aromatic nitrogens is 1. The second kappa shape index (κ2) is 9.14. The van der Waals surface area contributed by atoms with Gasteiger partial charge >= 0.3 is 0 Å². The summed E-state index contributed by atoms with van der Waals surface area (Å²) in [6, 6.07) is 19.1. The molecule has 164 valence electrons. The van der Waals surface area contributed by atoms with Crippen LogP contribution in [0.1, 0.15) is 32.9 Å². The first-order valence-electron chi connectivity index (χ1n) is 10.4. The average Bonchev–Trinajstić information content (AvgIpc) is 3.20. The number of methoxy groups -OCH3 is 2. The lowest BCUT2D eigenvalue weighted by molar-refractivity contribution is 0.0714. The average molecular weight is 431 g/mol. The minimum atomic E-state index is -0.166. The van der Waals surface area contributed by atoms with E-state index in [9.17, 15) is 4.79 Å². The summed E-state index contributed by atoms with van der Waals surface area (Å²) in [5, 5.41) is 0. The zero-order valence-electron chi connectivity index (χ0n) is 18.7. The molecule has 1 amide bonds. The van der Waals surface area contributed by atoms with Gasteiger partial charge in [0.15, 0.2) is 5.58 Å². The van der Waals surface area contributed by atoms with Crippen molar-refractivity contribution in [3.05, 3.63) is 88.8 Å². The number of nitrogens with zero attached hydrogens (tertiary/aromatic N) is 2. The highest BCUT2D eigenvalue weighted by atomic mass is 16.5. The van der Waals surface area contributed by atoms with Crippen molar-refractivity contribution in [2.24, 2.45) is 0 Å². The van der Waals surface area contributed by atoms with E-state index in [0.717, 1.165) is 16.6 Å². The van der Waals surface area contributed by atoms with Gasteiger partial charge in [0, 0.05) is 18.2 Å². The number of fused-ring (bicyclic) bond motifs is 1. The Morgan fingerprint density at radius 1 is 0.875 bits per heavy atom. The summed E-state index contributed by atoms with van der Waals surface area (Å²) < 4.78 is 16.6. The third kappa shape index (κ3) is 4.75. The Morgan fingerprint density at radius 3 is 2.19 bits per heavy atom. The van der Waals surface area contributed by atoms with Crippen LogP contribution < -0.4 is 9.47 Å². The van der Waals surface area contributed by atoms with Crippen LogP contribution in [-0.4, -0.2) is 30.0 Å². The molecule has 0 aliphatic heterocycles. The number of oxazole rings is 1. The number of benzene rings is 3. The lowest BCUT2D eigenvalue weighted by atomic mass is 10.1. The molecule has 32 heavy (non-hydrogen) atoms. The van der Waals surface area contributed by atoms with Crippen molar-refractivity contribution < 1.29 is 18.7 Å². The van der Waals surface area contributed by atoms with Crippen molar-refractivity contribution in [2.75, 3.05) is 14.2 Å². The molecule has 0 atom stereocenters. The van der Waals surface area contributed by atoms with Gasteiger partial charge in [-0.15, -0.1) is 0 Å². The van der Waals surface area contributed by atoms with Gasteiger partial charge in [-0.25, -0.2) is 4.98 Å². The Labute approximate surface area is 187 Å². The first kappa shape index (κ1) is 21.4. The maximum Gasteiger partial charge on any atom is 0.254 e. The van der Waals surface area contributed by atoms with E-state index < -0.39 is 0 Å². The van der Waals surface area contributed by atoms with E-state index in [0.29, 0.717) is 35.1 Å². The largest absolute Gasteiger partial charge is 0.497 e. The highest BCUT2D eigenvalue weighted by Crippen LogP contribution is 2.25. The number of carbonyl (C=O) groups excluding carboxylic acids is 1. The predicted molar refractivity (Wildman–Crippen MR) is 123 cm³/mol. The van der Waals surface area contributed by atoms with Crippen molar-refractivity contribution in [1.82, 2.24) is 9.88 Å². The number of carbonyl (C=O) groups is 1. The third-order valence-corrected chi connectivity index (χ3v) is 5.29. The van der Waals surface area contributed by atoms with Crippen LogP contribution >= 0.6 is 0 Å². The van der Waals surface area contributed by atoms with Crippen LogP contribution in [0.3, 0.4) is 0 Å². The normalized spacial score (nSPS) is 10.9. The minimum absolute atomic E-state index is 0.166. The van der Waals surface area contributed by atoms with Gasteiger partial charge < -0.3 is 18.8 Å². The maximum absolute atomic E-state index is 13.6. The van der Waals surface area contributed by atoms with Gasteiger partial charge in [-0.1, -0.05) is 35.9 Å². The van der Waals surface area contributed by atoms with Crippen LogP contribution in [0.4, 0.5) is 0 Å². The number of ether oxygens (including phenoxy) is 2. The topological polar surface area (TPSA) is 64.8 Å². The highest BCUT2D eigenvalue weighted by molar-refractivity contribution is 5.95. The van der Waals surface area contributed by atoms with Crippen molar-refractivity contribution in [2.45, 2.75) is 26.9 Å². The smallest absolute Gasteiger partial charge is 0.254 e. The van der Waals surface area contributed by atoms with Crippen LogP contribution in [0.2, 0.25) is 0 Å². The third-order valence-electron chi connectivity index (χ3n) is 5.29. The molecule has 1 aromatic heterocycles. The zero-order chi connectivity index (χ0) is 22.7. The summed E-state index contributed by atoms with van der Waals surface area (Å²) in [6.07, 6.45) is 0. The monoisotopic (exact) mass is 430 g/mol. The molecule has 0 saturated carbocycles. The van der Waals surface area contributed by atoms with Gasteiger partial charge in [-0.2, -0.15) is 0 Å². The van der Waals surface area contributed by atoms with Crippen LogP contribution in [0.5, 0.6) is 11.5 Å². The lowest BCUT2D eigenvalue weighted by Crippen LogP contribution is -2.30. The molecule has 1 heterocycles. The molecule has 0 aliphatic rings. The molecule has 0 radical (unpaired) electrons. The van der Waals surface area contributed by atoms with Gasteiger partial charge in [0.2, 0.25) is 5.89 Å². The predicted octanol–water partition coefficient (Wildman–Crippen LogP) is 5.30. The van der Waals surface area contributed by atoms with Gasteiger partial charge in [0.05, 0.1) is 20.8 Å². The number of rotatable bonds is 7. The summed E-state index contributed by atoms with van der Waals surface area (Å²) in [6.45, 7) is 4.70. The maximum atomic E-state index is 13.6. The van der Waals surface area contributed by atoms with Crippen LogP contribution in [0, 0.1) is 13.8 Å². The van der Waals surface area contributed by atoms with Crippen molar-refractivity contribution in [3.8, 4) is 11.5 Å². The Morgan fingerprint density at radius 2 is 1.53 bits per heavy atom. The molecule has 4 aromatic rings. The van der Waals surface area contributed by atoms with E-state index in [4.69, 9.17) is 13.9 Å². The fourth-order valence-electron chi connectivity index (χ4n) is 3.54. The summed E-state index contributed by atoms with van der Waals surface area (Å²) in [5.41, 5.74) is 5.25. The molecule has 0 spiro atoms. The van der Waals surface area contributed by atoms with Gasteiger partial charge in [-0.3, -0.25) is 4.79 Å². The summed E-state index contributed by atoms with van der Waals surface area (Å²) in [4.78, 5) is 19.9. The van der Waals surface area contributed by atoms with Crippen molar-refractivity contribution in [1.29, 1.82) is 0 Å². The molecule has 4 rings (SSSR count). The number of amides is 1. The Balaban J connectivity index is 1.69. The fourth-order valence-corrected chi connectivity index (χ4v) is 3.54. The SMILES string of the molecule is COc1cc(OC)cc(C(=O)N(Cc2ccc(C)cc2)Cc2nc3cc(C)ccc3o2)c1. The molecule has 6 heteroatoms. The molecule has 0 aliphatic carbocycles. The van der Waals surface area contributed by atoms with Gasteiger partial charge in [-0.05, 0) is 49.2 Å². The zero-order valence-corrected chi connectivity index (χ0v) is 18.7. The highest BCUT2D eigenvalue weighted by Gasteiger charge is 2.21. The summed E-state index contributed by atoms with van der Waals surface area (Å²) >= 11 is 0. The van der Waals surface area contributed by atoms with Crippen LogP contribution in [-0.2, 0) is 13.1 Å². The molecule has 6 nitrogen and oxygen atoms in total. The Bertz CT molecular complexity index is 1220. The minimum Gasteiger partial charge on any atom is -0.497 e. The molecule has 0 bridgehead atoms. The fraction of sp³-hybridized carbons (Fsp3) is 0.231. The second-order valence-corrected chi connectivity index (χ2v) is 7.83. The van der Waals surface area contributed by atoms with E-state index in [-0.39, 0.29) is 12.5 Å². The van der Waals surface area contributed by atoms with Crippen LogP contribution in [0.25, 0.3) is 11.1 Å². The van der Waals surface area contributed by atoms with E-state index in [1.165, 1.54) is 5.56 Å². The van der Waals surface area contributed by atoms with Gasteiger partial charge in [0.25, 0.3) is 5.91 Å². The van der Waals surface area contributed by atoms with Crippen LogP contribution in [0.15, 0.2) is 65.1 Å². The molecule has 3 aromatic carbocycles. The quantitative estimate of drug-likeness (QED) is 0.398. The number of aryl methyl sites for hydroxylation is 2. The van der Waals surface area contributed by atoms with Crippen molar-refractivity contribution >= 4 is 17.0 Å². The Hall–Kier alpha value is -3.80.